The molecule has 0 saturated carbocycles. The molecule has 0 saturated heterocycles. The Balaban J connectivity index is 2.14. The van der Waals surface area contributed by atoms with E-state index < -0.39 is 0 Å². The number of carbonyl (C=O) groups is 1. The summed E-state index contributed by atoms with van der Waals surface area (Å²) in [7, 11) is 1.84. The molecule has 0 N–H and O–H groups in total. The van der Waals surface area contributed by atoms with Crippen LogP contribution in [0.4, 0.5) is 0 Å². The van der Waals surface area contributed by atoms with E-state index in [0.717, 1.165) is 17.9 Å². The van der Waals surface area contributed by atoms with E-state index in [9.17, 15) is 4.79 Å². The van der Waals surface area contributed by atoms with Crippen LogP contribution in [-0.2, 0) is 19.9 Å². The third-order valence-corrected chi connectivity index (χ3v) is 2.48. The summed E-state index contributed by atoms with van der Waals surface area (Å²) in [6.45, 7) is 1.97. The summed E-state index contributed by atoms with van der Waals surface area (Å²) in [6, 6.07) is 3.58. The van der Waals surface area contributed by atoms with Crippen LogP contribution in [0.5, 0.6) is 0 Å². The minimum Gasteiger partial charge on any atom is -0.469 e. The average molecular weight is 218 g/mol. The fourth-order valence-electron chi connectivity index (χ4n) is 1.68. The van der Waals surface area contributed by atoms with Crippen LogP contribution in [-0.4, -0.2) is 15.6 Å². The third kappa shape index (κ3) is 2.05. The van der Waals surface area contributed by atoms with Gasteiger partial charge < -0.3 is 4.42 Å². The molecule has 0 spiro atoms. The fraction of sp³-hybridized carbons (Fsp3) is 0.333. The number of aromatic nitrogens is 2. The SMILES string of the molecule is CCc1occc1C(=O)Cc1ccn(C)n1. The number of carbonyl (C=O) groups excluding carboxylic acids is 1. The third-order valence-electron chi connectivity index (χ3n) is 2.48. The lowest BCUT2D eigenvalue weighted by atomic mass is 10.1. The van der Waals surface area contributed by atoms with Gasteiger partial charge in [-0.3, -0.25) is 9.48 Å². The second kappa shape index (κ2) is 4.35. The smallest absolute Gasteiger partial charge is 0.172 e. The summed E-state index contributed by atoms with van der Waals surface area (Å²) >= 11 is 0. The molecular formula is C12H14N2O2. The van der Waals surface area contributed by atoms with Gasteiger partial charge in [-0.15, -0.1) is 0 Å². The second-order valence-corrected chi connectivity index (χ2v) is 3.69. The minimum absolute atomic E-state index is 0.0595. The van der Waals surface area contributed by atoms with Gasteiger partial charge in [-0.25, -0.2) is 0 Å². The van der Waals surface area contributed by atoms with Gasteiger partial charge in [-0.05, 0) is 12.1 Å². The number of nitrogens with zero attached hydrogens (tertiary/aromatic N) is 2. The van der Waals surface area contributed by atoms with Crippen molar-refractivity contribution in [3.63, 3.8) is 0 Å². The molecule has 0 aliphatic rings. The first kappa shape index (κ1) is 10.7. The standard InChI is InChI=1S/C12H14N2O2/c1-3-12-10(5-7-16-12)11(15)8-9-4-6-14(2)13-9/h4-7H,3,8H2,1-2H3. The summed E-state index contributed by atoms with van der Waals surface area (Å²) < 4.78 is 6.92. The summed E-state index contributed by atoms with van der Waals surface area (Å²) in [4.78, 5) is 12.0. The number of Topliss-reactive ketones (excluding diaryl/α,β-unsaturated/α-hetero) is 1. The molecule has 4 nitrogen and oxygen atoms in total. The molecule has 0 aromatic carbocycles. The van der Waals surface area contributed by atoms with Crippen LogP contribution in [0.2, 0.25) is 0 Å². The second-order valence-electron chi connectivity index (χ2n) is 3.69. The Morgan fingerprint density at radius 1 is 1.50 bits per heavy atom. The highest BCUT2D eigenvalue weighted by Gasteiger charge is 2.14. The molecule has 0 bridgehead atoms. The lowest BCUT2D eigenvalue weighted by molar-refractivity contribution is 0.0990. The van der Waals surface area contributed by atoms with Crippen LogP contribution < -0.4 is 0 Å². The van der Waals surface area contributed by atoms with Gasteiger partial charge in [-0.1, -0.05) is 6.92 Å². The van der Waals surface area contributed by atoms with E-state index in [1.807, 2.05) is 26.2 Å². The molecule has 2 aromatic rings. The molecule has 2 aromatic heterocycles. The Kier molecular flexibility index (Phi) is 2.90. The maximum atomic E-state index is 12.0. The van der Waals surface area contributed by atoms with Crippen LogP contribution in [0, 0.1) is 0 Å². The van der Waals surface area contributed by atoms with Gasteiger partial charge in [0.1, 0.15) is 5.76 Å². The number of hydrogen-bond donors (Lipinski definition) is 0. The van der Waals surface area contributed by atoms with Crippen molar-refractivity contribution in [1.29, 1.82) is 0 Å². The van der Waals surface area contributed by atoms with E-state index in [-0.39, 0.29) is 5.78 Å². The van der Waals surface area contributed by atoms with E-state index in [0.29, 0.717) is 12.0 Å². The van der Waals surface area contributed by atoms with Gasteiger partial charge >= 0.3 is 0 Å². The first-order valence-corrected chi connectivity index (χ1v) is 5.28. The van der Waals surface area contributed by atoms with E-state index in [1.165, 1.54) is 0 Å². The maximum absolute atomic E-state index is 12.0. The highest BCUT2D eigenvalue weighted by molar-refractivity contribution is 5.98. The normalized spacial score (nSPS) is 10.6. The maximum Gasteiger partial charge on any atom is 0.172 e. The number of aryl methyl sites for hydroxylation is 2. The van der Waals surface area contributed by atoms with Crippen LogP contribution >= 0.6 is 0 Å². The zero-order chi connectivity index (χ0) is 11.5. The fourth-order valence-corrected chi connectivity index (χ4v) is 1.68. The van der Waals surface area contributed by atoms with Crippen molar-refractivity contribution in [1.82, 2.24) is 9.78 Å². The topological polar surface area (TPSA) is 48.0 Å². The molecule has 0 amide bonds. The Bertz CT molecular complexity index is 497. The van der Waals surface area contributed by atoms with E-state index in [2.05, 4.69) is 5.10 Å². The quantitative estimate of drug-likeness (QED) is 0.737. The molecule has 84 valence electrons. The number of rotatable bonds is 4. The number of hydrogen-bond acceptors (Lipinski definition) is 3. The molecule has 0 atom stereocenters. The molecule has 0 aliphatic heterocycles. The number of ketones is 1. The van der Waals surface area contributed by atoms with Crippen molar-refractivity contribution in [3.05, 3.63) is 41.6 Å². The molecular weight excluding hydrogens is 204 g/mol. The lowest BCUT2D eigenvalue weighted by Gasteiger charge is -1.97. The summed E-state index contributed by atoms with van der Waals surface area (Å²) in [6.07, 6.45) is 4.45. The van der Waals surface area contributed by atoms with Gasteiger partial charge in [0.05, 0.1) is 23.9 Å². The van der Waals surface area contributed by atoms with Crippen LogP contribution in [0.15, 0.2) is 29.0 Å². The van der Waals surface area contributed by atoms with Crippen molar-refractivity contribution in [3.8, 4) is 0 Å². The highest BCUT2D eigenvalue weighted by Crippen LogP contribution is 2.14. The molecule has 0 fully saturated rings. The van der Waals surface area contributed by atoms with Crippen molar-refractivity contribution in [2.75, 3.05) is 0 Å². The summed E-state index contributed by atoms with van der Waals surface area (Å²) in [5.41, 5.74) is 1.46. The molecule has 2 rings (SSSR count). The van der Waals surface area contributed by atoms with Crippen molar-refractivity contribution >= 4 is 5.78 Å². The summed E-state index contributed by atoms with van der Waals surface area (Å²) in [5, 5.41) is 4.18. The Morgan fingerprint density at radius 2 is 2.31 bits per heavy atom. The van der Waals surface area contributed by atoms with Crippen LogP contribution in [0.1, 0.15) is 28.7 Å². The van der Waals surface area contributed by atoms with Crippen LogP contribution in [0.3, 0.4) is 0 Å². The van der Waals surface area contributed by atoms with Gasteiger partial charge in [-0.2, -0.15) is 5.10 Å². The van der Waals surface area contributed by atoms with E-state index in [1.54, 1.807) is 17.0 Å². The van der Waals surface area contributed by atoms with Gasteiger partial charge in [0.25, 0.3) is 0 Å². The molecule has 2 heterocycles. The first-order chi connectivity index (χ1) is 7.70. The highest BCUT2D eigenvalue weighted by atomic mass is 16.3. The lowest BCUT2D eigenvalue weighted by Crippen LogP contribution is -2.05. The number of furan rings is 1. The first-order valence-electron chi connectivity index (χ1n) is 5.28. The Morgan fingerprint density at radius 3 is 2.94 bits per heavy atom. The van der Waals surface area contributed by atoms with E-state index in [4.69, 9.17) is 4.42 Å². The minimum atomic E-state index is 0.0595. The van der Waals surface area contributed by atoms with Gasteiger partial charge in [0.2, 0.25) is 0 Å². The molecule has 0 radical (unpaired) electrons. The Labute approximate surface area is 93.9 Å². The predicted octanol–water partition coefficient (Wildman–Crippen LogP) is 2.00. The van der Waals surface area contributed by atoms with Gasteiger partial charge in [0, 0.05) is 19.7 Å². The van der Waals surface area contributed by atoms with Crippen molar-refractivity contribution in [2.24, 2.45) is 7.05 Å². The molecule has 16 heavy (non-hydrogen) atoms. The molecule has 4 heteroatoms. The Hall–Kier alpha value is -1.84. The van der Waals surface area contributed by atoms with Crippen molar-refractivity contribution < 1.29 is 9.21 Å². The molecule has 0 aliphatic carbocycles. The van der Waals surface area contributed by atoms with E-state index >= 15 is 0 Å². The monoisotopic (exact) mass is 218 g/mol. The predicted molar refractivity (Wildman–Crippen MR) is 59.3 cm³/mol. The van der Waals surface area contributed by atoms with Crippen LogP contribution in [0.25, 0.3) is 0 Å². The largest absolute Gasteiger partial charge is 0.469 e. The van der Waals surface area contributed by atoms with Crippen molar-refractivity contribution in [2.45, 2.75) is 19.8 Å². The zero-order valence-corrected chi connectivity index (χ0v) is 9.43. The zero-order valence-electron chi connectivity index (χ0n) is 9.43. The van der Waals surface area contributed by atoms with Gasteiger partial charge in [0.15, 0.2) is 5.78 Å². The summed E-state index contributed by atoms with van der Waals surface area (Å²) in [5.74, 6) is 0.810. The molecule has 0 unspecified atom stereocenters. The average Bonchev–Trinajstić information content (AvgIpc) is 2.86.